The maximum Gasteiger partial charge on any atom is 0.236 e. The van der Waals surface area contributed by atoms with Crippen LogP contribution >= 0.6 is 0 Å². The van der Waals surface area contributed by atoms with Crippen LogP contribution in [-0.4, -0.2) is 47.4 Å². The smallest absolute Gasteiger partial charge is 0.236 e. The van der Waals surface area contributed by atoms with E-state index >= 15 is 0 Å². The SMILES string of the molecule is CC(=O)NCC1CCN(C(=O)C2(C(N)=NO)CCC2)CC1. The molecule has 0 aromatic heterocycles. The third kappa shape index (κ3) is 3.11. The molecule has 0 radical (unpaired) electrons. The van der Waals surface area contributed by atoms with Gasteiger partial charge in [0.05, 0.1) is 0 Å². The van der Waals surface area contributed by atoms with Gasteiger partial charge in [0.15, 0.2) is 5.84 Å². The topological polar surface area (TPSA) is 108 Å². The van der Waals surface area contributed by atoms with Gasteiger partial charge in [0, 0.05) is 26.6 Å². The molecule has 0 atom stereocenters. The molecule has 2 amide bonds. The van der Waals surface area contributed by atoms with Gasteiger partial charge in [0.1, 0.15) is 5.41 Å². The van der Waals surface area contributed by atoms with Crippen molar-refractivity contribution in [2.75, 3.05) is 19.6 Å². The van der Waals surface area contributed by atoms with Crippen molar-refractivity contribution in [2.24, 2.45) is 22.2 Å². The number of carbonyl (C=O) groups excluding carboxylic acids is 2. The summed E-state index contributed by atoms with van der Waals surface area (Å²) in [6.07, 6.45) is 4.00. The summed E-state index contributed by atoms with van der Waals surface area (Å²) in [6, 6.07) is 0. The quantitative estimate of drug-likeness (QED) is 0.299. The van der Waals surface area contributed by atoms with Crippen molar-refractivity contribution >= 4 is 17.6 Å². The maximum atomic E-state index is 12.7. The molecular weight excluding hydrogens is 272 g/mol. The third-order valence-electron chi connectivity index (χ3n) is 4.76. The van der Waals surface area contributed by atoms with Crippen molar-refractivity contribution in [3.8, 4) is 0 Å². The minimum absolute atomic E-state index is 0.0120. The van der Waals surface area contributed by atoms with Crippen molar-refractivity contribution in [1.29, 1.82) is 0 Å². The second kappa shape index (κ2) is 6.32. The molecule has 4 N–H and O–H groups in total. The van der Waals surface area contributed by atoms with E-state index in [2.05, 4.69) is 10.5 Å². The van der Waals surface area contributed by atoms with E-state index in [0.29, 0.717) is 38.4 Å². The molecule has 2 fully saturated rings. The average molecular weight is 296 g/mol. The van der Waals surface area contributed by atoms with Crippen LogP contribution < -0.4 is 11.1 Å². The predicted molar refractivity (Wildman–Crippen MR) is 77.7 cm³/mol. The monoisotopic (exact) mass is 296 g/mol. The van der Waals surface area contributed by atoms with Crippen LogP contribution in [0, 0.1) is 11.3 Å². The van der Waals surface area contributed by atoms with Gasteiger partial charge >= 0.3 is 0 Å². The summed E-state index contributed by atoms with van der Waals surface area (Å²) in [7, 11) is 0. The number of piperidine rings is 1. The fourth-order valence-corrected chi connectivity index (χ4v) is 3.14. The Labute approximate surface area is 124 Å². The van der Waals surface area contributed by atoms with Gasteiger partial charge in [-0.1, -0.05) is 11.6 Å². The molecule has 1 aliphatic heterocycles. The minimum Gasteiger partial charge on any atom is -0.409 e. The van der Waals surface area contributed by atoms with Gasteiger partial charge in [-0.15, -0.1) is 0 Å². The number of rotatable bonds is 4. The number of nitrogens with one attached hydrogen (secondary N) is 1. The van der Waals surface area contributed by atoms with Crippen LogP contribution in [0.1, 0.15) is 39.0 Å². The fourth-order valence-electron chi connectivity index (χ4n) is 3.14. The summed E-state index contributed by atoms with van der Waals surface area (Å²) in [5.74, 6) is 0.425. The average Bonchev–Trinajstić information content (AvgIpc) is 2.44. The van der Waals surface area contributed by atoms with Crippen LogP contribution in [0.25, 0.3) is 0 Å². The van der Waals surface area contributed by atoms with Crippen LogP contribution in [0.4, 0.5) is 0 Å². The lowest BCUT2D eigenvalue weighted by molar-refractivity contribution is -0.143. The predicted octanol–water partition coefficient (Wildman–Crippen LogP) is 0.278. The summed E-state index contributed by atoms with van der Waals surface area (Å²) in [5, 5.41) is 14.8. The largest absolute Gasteiger partial charge is 0.409 e. The Balaban J connectivity index is 1.90. The van der Waals surface area contributed by atoms with Gasteiger partial charge in [-0.3, -0.25) is 9.59 Å². The summed E-state index contributed by atoms with van der Waals surface area (Å²) < 4.78 is 0. The lowest BCUT2D eigenvalue weighted by Crippen LogP contribution is -2.56. The molecule has 0 unspecified atom stereocenters. The van der Waals surface area contributed by atoms with Crippen molar-refractivity contribution in [3.63, 3.8) is 0 Å². The van der Waals surface area contributed by atoms with Crippen molar-refractivity contribution in [1.82, 2.24) is 10.2 Å². The van der Waals surface area contributed by atoms with Crippen LogP contribution in [0.15, 0.2) is 5.16 Å². The van der Waals surface area contributed by atoms with E-state index in [4.69, 9.17) is 10.9 Å². The normalized spacial score (nSPS) is 22.5. The molecule has 1 saturated carbocycles. The highest BCUT2D eigenvalue weighted by Gasteiger charge is 2.50. The second-order valence-corrected chi connectivity index (χ2v) is 6.09. The highest BCUT2D eigenvalue weighted by atomic mass is 16.4. The van der Waals surface area contributed by atoms with E-state index in [1.165, 1.54) is 6.92 Å². The summed E-state index contributed by atoms with van der Waals surface area (Å²) in [5.41, 5.74) is 4.96. The molecule has 1 aliphatic carbocycles. The Morgan fingerprint density at radius 2 is 2.00 bits per heavy atom. The zero-order valence-electron chi connectivity index (χ0n) is 12.5. The molecule has 7 heteroatoms. The molecular formula is C14H24N4O3. The molecule has 1 saturated heterocycles. The number of amidine groups is 1. The Morgan fingerprint density at radius 1 is 1.38 bits per heavy atom. The van der Waals surface area contributed by atoms with Crippen LogP contribution in [-0.2, 0) is 9.59 Å². The fraction of sp³-hybridized carbons (Fsp3) is 0.786. The Hall–Kier alpha value is -1.79. The first-order valence-electron chi connectivity index (χ1n) is 7.51. The Kier molecular flexibility index (Phi) is 4.69. The summed E-state index contributed by atoms with van der Waals surface area (Å²) >= 11 is 0. The molecule has 2 rings (SSSR count). The van der Waals surface area contributed by atoms with Gasteiger partial charge in [-0.2, -0.15) is 0 Å². The van der Waals surface area contributed by atoms with Gasteiger partial charge in [0.25, 0.3) is 0 Å². The van der Waals surface area contributed by atoms with E-state index in [1.54, 1.807) is 0 Å². The highest BCUT2D eigenvalue weighted by Crippen LogP contribution is 2.43. The van der Waals surface area contributed by atoms with Crippen LogP contribution in [0.5, 0.6) is 0 Å². The maximum absolute atomic E-state index is 12.7. The molecule has 1 heterocycles. The lowest BCUT2D eigenvalue weighted by Gasteiger charge is -2.44. The molecule has 0 bridgehead atoms. The zero-order valence-corrected chi connectivity index (χ0v) is 12.5. The number of oxime groups is 1. The molecule has 21 heavy (non-hydrogen) atoms. The second-order valence-electron chi connectivity index (χ2n) is 6.09. The summed E-state index contributed by atoms with van der Waals surface area (Å²) in [6.45, 7) is 3.52. The van der Waals surface area contributed by atoms with E-state index < -0.39 is 5.41 Å². The van der Waals surface area contributed by atoms with Crippen LogP contribution in [0.3, 0.4) is 0 Å². The summed E-state index contributed by atoms with van der Waals surface area (Å²) in [4.78, 5) is 25.4. The van der Waals surface area contributed by atoms with Gasteiger partial charge < -0.3 is 21.2 Å². The van der Waals surface area contributed by atoms with Crippen molar-refractivity contribution < 1.29 is 14.8 Å². The lowest BCUT2D eigenvalue weighted by atomic mass is 9.66. The molecule has 2 aliphatic rings. The number of amides is 2. The standard InChI is InChI=1S/C14H24N4O3/c1-10(19)16-9-11-3-7-18(8-4-11)13(20)14(5-2-6-14)12(15)17-21/h11,21H,2-9H2,1H3,(H2,15,17)(H,16,19). The highest BCUT2D eigenvalue weighted by molar-refractivity contribution is 6.07. The molecule has 118 valence electrons. The van der Waals surface area contributed by atoms with Crippen LogP contribution in [0.2, 0.25) is 0 Å². The number of carbonyl (C=O) groups is 2. The number of nitrogens with two attached hydrogens (primary N) is 1. The molecule has 0 aromatic carbocycles. The van der Waals surface area contributed by atoms with Crippen molar-refractivity contribution in [2.45, 2.75) is 39.0 Å². The number of nitrogens with zero attached hydrogens (tertiary/aromatic N) is 2. The number of hydrogen-bond donors (Lipinski definition) is 3. The first kappa shape index (κ1) is 15.6. The first-order valence-corrected chi connectivity index (χ1v) is 7.51. The van der Waals surface area contributed by atoms with E-state index in [0.717, 1.165) is 19.3 Å². The van der Waals surface area contributed by atoms with E-state index in [1.807, 2.05) is 4.90 Å². The van der Waals surface area contributed by atoms with Gasteiger partial charge in [-0.05, 0) is 31.6 Å². The molecule has 0 spiro atoms. The van der Waals surface area contributed by atoms with E-state index in [-0.39, 0.29) is 17.6 Å². The molecule has 7 nitrogen and oxygen atoms in total. The Bertz CT molecular complexity index is 438. The first-order chi connectivity index (χ1) is 9.99. The minimum atomic E-state index is -0.779. The van der Waals surface area contributed by atoms with Crippen molar-refractivity contribution in [3.05, 3.63) is 0 Å². The van der Waals surface area contributed by atoms with Gasteiger partial charge in [0.2, 0.25) is 11.8 Å². The zero-order chi connectivity index (χ0) is 15.5. The van der Waals surface area contributed by atoms with Gasteiger partial charge in [-0.25, -0.2) is 0 Å². The number of likely N-dealkylation sites (tertiary alicyclic amines) is 1. The Morgan fingerprint density at radius 3 is 2.43 bits per heavy atom. The number of hydrogen-bond acceptors (Lipinski definition) is 4. The van der Waals surface area contributed by atoms with E-state index in [9.17, 15) is 9.59 Å². The molecule has 0 aromatic rings. The third-order valence-corrected chi connectivity index (χ3v) is 4.76.